The van der Waals surface area contributed by atoms with Crippen LogP contribution in [0.1, 0.15) is 12.8 Å². The lowest BCUT2D eigenvalue weighted by molar-refractivity contribution is -0.118. The van der Waals surface area contributed by atoms with Gasteiger partial charge in [-0.1, -0.05) is 6.07 Å². The van der Waals surface area contributed by atoms with E-state index in [1.807, 2.05) is 7.05 Å². The van der Waals surface area contributed by atoms with Crippen molar-refractivity contribution in [1.82, 2.24) is 9.21 Å². The Morgan fingerprint density at radius 2 is 1.96 bits per heavy atom. The summed E-state index contributed by atoms with van der Waals surface area (Å²) in [7, 11) is -0.105. The molecular formula is C17H30Cl2N4O4S. The van der Waals surface area contributed by atoms with E-state index in [9.17, 15) is 13.2 Å². The summed E-state index contributed by atoms with van der Waals surface area (Å²) in [6, 6.07) is 6.34. The topological polar surface area (TPSA) is 105 Å². The fourth-order valence-corrected chi connectivity index (χ4v) is 4.34. The van der Waals surface area contributed by atoms with Gasteiger partial charge in [-0.2, -0.15) is 4.31 Å². The summed E-state index contributed by atoms with van der Waals surface area (Å²) in [5.41, 5.74) is 5.96. The molecule has 3 N–H and O–H groups in total. The molecule has 0 radical (unpaired) electrons. The Labute approximate surface area is 179 Å². The van der Waals surface area contributed by atoms with E-state index in [1.54, 1.807) is 18.2 Å². The van der Waals surface area contributed by atoms with Crippen LogP contribution in [0.5, 0.6) is 0 Å². The molecule has 1 aromatic carbocycles. The number of anilines is 1. The third-order valence-electron chi connectivity index (χ3n) is 4.44. The highest BCUT2D eigenvalue weighted by molar-refractivity contribution is 7.89. The van der Waals surface area contributed by atoms with Gasteiger partial charge in [-0.15, -0.1) is 24.8 Å². The molecule has 11 heteroatoms. The van der Waals surface area contributed by atoms with Crippen LogP contribution in [0.3, 0.4) is 0 Å². The number of amides is 1. The number of ether oxygens (including phenoxy) is 1. The predicted molar refractivity (Wildman–Crippen MR) is 115 cm³/mol. The van der Waals surface area contributed by atoms with Crippen LogP contribution in [0.25, 0.3) is 0 Å². The number of nitrogens with zero attached hydrogens (tertiary/aromatic N) is 2. The first kappa shape index (κ1) is 27.1. The van der Waals surface area contributed by atoms with E-state index in [0.29, 0.717) is 25.3 Å². The first-order valence-electron chi connectivity index (χ1n) is 8.68. The smallest absolute Gasteiger partial charge is 0.243 e. The van der Waals surface area contributed by atoms with Gasteiger partial charge in [-0.25, -0.2) is 8.42 Å². The SMILES string of the molecule is COC(CN)CC(=O)Nc1cccc(S(=O)(=O)N2CCCN(C)CC2)c1.Cl.Cl. The molecule has 0 spiro atoms. The quantitative estimate of drug-likeness (QED) is 0.637. The van der Waals surface area contributed by atoms with Gasteiger partial charge in [0.2, 0.25) is 15.9 Å². The Balaban J connectivity index is 0.00000364. The number of halogens is 2. The summed E-state index contributed by atoms with van der Waals surface area (Å²) in [6.07, 6.45) is 0.544. The minimum atomic E-state index is -3.59. The molecule has 162 valence electrons. The maximum atomic E-state index is 12.9. The van der Waals surface area contributed by atoms with Crippen LogP contribution in [0, 0.1) is 0 Å². The third-order valence-corrected chi connectivity index (χ3v) is 6.34. The fraction of sp³-hybridized carbons (Fsp3) is 0.588. The monoisotopic (exact) mass is 456 g/mol. The summed E-state index contributed by atoms with van der Waals surface area (Å²) in [5, 5.41) is 2.71. The lowest BCUT2D eigenvalue weighted by atomic mass is 10.2. The highest BCUT2D eigenvalue weighted by Gasteiger charge is 2.26. The Morgan fingerprint density at radius 1 is 1.25 bits per heavy atom. The Bertz CT molecular complexity index is 717. The van der Waals surface area contributed by atoms with Crippen LogP contribution in [0.2, 0.25) is 0 Å². The third kappa shape index (κ3) is 7.47. The number of carbonyl (C=O) groups is 1. The average Bonchev–Trinajstić information content (AvgIpc) is 2.85. The van der Waals surface area contributed by atoms with Crippen molar-refractivity contribution in [3.8, 4) is 0 Å². The molecule has 1 atom stereocenters. The number of nitrogens with two attached hydrogens (primary N) is 1. The van der Waals surface area contributed by atoms with Crippen LogP contribution in [0.4, 0.5) is 5.69 Å². The minimum Gasteiger partial charge on any atom is -0.380 e. The van der Waals surface area contributed by atoms with E-state index >= 15 is 0 Å². The summed E-state index contributed by atoms with van der Waals surface area (Å²) in [5.74, 6) is -0.270. The Kier molecular flexibility index (Phi) is 12.2. The van der Waals surface area contributed by atoms with Gasteiger partial charge in [0.1, 0.15) is 0 Å². The molecule has 1 amide bonds. The van der Waals surface area contributed by atoms with Gasteiger partial charge in [0.15, 0.2) is 0 Å². The highest BCUT2D eigenvalue weighted by atomic mass is 35.5. The van der Waals surface area contributed by atoms with E-state index in [1.165, 1.54) is 17.5 Å². The van der Waals surface area contributed by atoms with E-state index in [2.05, 4.69) is 10.2 Å². The van der Waals surface area contributed by atoms with Crippen molar-refractivity contribution in [1.29, 1.82) is 0 Å². The molecule has 0 saturated carbocycles. The first-order chi connectivity index (χ1) is 12.4. The van der Waals surface area contributed by atoms with Crippen molar-refractivity contribution in [2.24, 2.45) is 5.73 Å². The molecular weight excluding hydrogens is 427 g/mol. The molecule has 1 heterocycles. The molecule has 1 aliphatic heterocycles. The van der Waals surface area contributed by atoms with Gasteiger partial charge in [0.25, 0.3) is 0 Å². The molecule has 0 aromatic heterocycles. The number of rotatable bonds is 7. The lowest BCUT2D eigenvalue weighted by Gasteiger charge is -2.20. The molecule has 0 aliphatic carbocycles. The molecule has 1 aromatic rings. The standard InChI is InChI=1S/C17H28N4O4S.2ClH/c1-20-7-4-8-21(10-9-20)26(23,24)16-6-3-5-14(11-16)19-17(22)12-15(13-18)25-2;;/h3,5-6,11,15H,4,7-10,12-13,18H2,1-2H3,(H,19,22);2*1H. The average molecular weight is 457 g/mol. The largest absolute Gasteiger partial charge is 0.380 e. The molecule has 1 fully saturated rings. The van der Waals surface area contributed by atoms with Crippen LogP contribution in [-0.2, 0) is 19.6 Å². The normalized spacial score (nSPS) is 17.0. The summed E-state index contributed by atoms with van der Waals surface area (Å²) in [6.45, 7) is 2.77. The number of methoxy groups -OCH3 is 1. The van der Waals surface area contributed by atoms with Gasteiger partial charge in [-0.05, 0) is 38.2 Å². The van der Waals surface area contributed by atoms with Gasteiger partial charge in [0.05, 0.1) is 17.4 Å². The summed E-state index contributed by atoms with van der Waals surface area (Å²) < 4.78 is 32.4. The van der Waals surface area contributed by atoms with E-state index < -0.39 is 10.0 Å². The second-order valence-electron chi connectivity index (χ2n) is 6.43. The fourth-order valence-electron chi connectivity index (χ4n) is 2.83. The van der Waals surface area contributed by atoms with Gasteiger partial charge >= 0.3 is 0 Å². The molecule has 2 rings (SSSR count). The van der Waals surface area contributed by atoms with Gasteiger partial charge in [0, 0.05) is 39.0 Å². The van der Waals surface area contributed by atoms with Crippen molar-refractivity contribution in [3.63, 3.8) is 0 Å². The van der Waals surface area contributed by atoms with Crippen molar-refractivity contribution in [3.05, 3.63) is 24.3 Å². The Hall–Kier alpha value is -0.940. The molecule has 1 saturated heterocycles. The van der Waals surface area contributed by atoms with Crippen molar-refractivity contribution >= 4 is 46.4 Å². The van der Waals surface area contributed by atoms with Crippen LogP contribution >= 0.6 is 24.8 Å². The lowest BCUT2D eigenvalue weighted by Crippen LogP contribution is -2.34. The second-order valence-corrected chi connectivity index (χ2v) is 8.37. The maximum Gasteiger partial charge on any atom is 0.243 e. The zero-order valence-corrected chi connectivity index (χ0v) is 18.6. The number of likely N-dealkylation sites (N-methyl/N-ethyl adjacent to an activating group) is 1. The zero-order valence-electron chi connectivity index (χ0n) is 16.2. The molecule has 28 heavy (non-hydrogen) atoms. The number of sulfonamides is 1. The number of hydrogen-bond acceptors (Lipinski definition) is 6. The van der Waals surface area contributed by atoms with Crippen molar-refractivity contribution < 1.29 is 17.9 Å². The van der Waals surface area contributed by atoms with Crippen LogP contribution in [-0.4, -0.2) is 76.5 Å². The summed E-state index contributed by atoms with van der Waals surface area (Å²) >= 11 is 0. The van der Waals surface area contributed by atoms with Crippen molar-refractivity contribution in [2.75, 3.05) is 52.2 Å². The van der Waals surface area contributed by atoms with Crippen molar-refractivity contribution in [2.45, 2.75) is 23.8 Å². The van der Waals surface area contributed by atoms with Crippen LogP contribution < -0.4 is 11.1 Å². The molecule has 1 aliphatic rings. The number of carbonyl (C=O) groups excluding carboxylic acids is 1. The second kappa shape index (κ2) is 12.6. The molecule has 0 bridgehead atoms. The zero-order chi connectivity index (χ0) is 19.2. The Morgan fingerprint density at radius 3 is 2.61 bits per heavy atom. The number of hydrogen-bond donors (Lipinski definition) is 2. The van der Waals surface area contributed by atoms with E-state index in [4.69, 9.17) is 10.5 Å². The van der Waals surface area contributed by atoms with Gasteiger partial charge < -0.3 is 20.7 Å². The van der Waals surface area contributed by atoms with E-state index in [0.717, 1.165) is 13.0 Å². The minimum absolute atomic E-state index is 0. The van der Waals surface area contributed by atoms with E-state index in [-0.39, 0.29) is 54.7 Å². The first-order valence-corrected chi connectivity index (χ1v) is 10.1. The molecule has 1 unspecified atom stereocenters. The van der Waals surface area contributed by atoms with Crippen LogP contribution in [0.15, 0.2) is 29.2 Å². The van der Waals surface area contributed by atoms with Gasteiger partial charge in [-0.3, -0.25) is 4.79 Å². The number of benzene rings is 1. The summed E-state index contributed by atoms with van der Waals surface area (Å²) in [4.78, 5) is 14.4. The highest BCUT2D eigenvalue weighted by Crippen LogP contribution is 2.21. The molecule has 8 nitrogen and oxygen atoms in total. The number of nitrogens with one attached hydrogen (secondary N) is 1. The predicted octanol–water partition coefficient (Wildman–Crippen LogP) is 1.16. The maximum absolute atomic E-state index is 12.9.